The molecule has 0 heterocycles. The van der Waals surface area contributed by atoms with Crippen LogP contribution in [0.5, 0.6) is 0 Å². The van der Waals surface area contributed by atoms with Crippen molar-refractivity contribution < 1.29 is 107 Å². The zero-order valence-corrected chi connectivity index (χ0v) is 19.0. The summed E-state index contributed by atoms with van der Waals surface area (Å²) in [4.78, 5) is 75.4. The minimum atomic E-state index is -5.59. The maximum absolute atomic E-state index is 10.5. The average Bonchev–Trinajstić information content (AvgIpc) is 2.34. The van der Waals surface area contributed by atoms with Crippen molar-refractivity contribution in [3.63, 3.8) is 0 Å². The monoisotopic (exact) mass is 564 g/mol. The Hall–Kier alpha value is 0.854. The number of hydrogen-bond acceptors (Lipinski definition) is 10. The molecule has 18 nitrogen and oxygen atoms in total. The average molecular weight is 565 g/mol. The SMILES string of the molecule is [NH3+]CCC(O)(P(=O)([O-])O)P(=O)([O-])O.[NH3+]CCC(O)(P(=O)([O-])O)P(=O)([O-])O.[Ni+2].[OH3+].[OH3+]. The first-order chi connectivity index (χ1) is 11.1. The van der Waals surface area contributed by atoms with Gasteiger partial charge in [0.25, 0.3) is 0 Å². The molecule has 0 fully saturated rings. The molecule has 0 aromatic rings. The molecular formula is C6H26N2NiO16P4+2. The molecule has 0 amide bonds. The van der Waals surface area contributed by atoms with Gasteiger partial charge in [-0.3, -0.25) is 0 Å². The van der Waals surface area contributed by atoms with Gasteiger partial charge in [-0.25, -0.2) is 0 Å². The van der Waals surface area contributed by atoms with Gasteiger partial charge in [0.1, 0.15) is 0 Å². The summed E-state index contributed by atoms with van der Waals surface area (Å²) < 4.78 is 41.9. The number of quaternary nitrogens is 2. The third kappa shape index (κ3) is 10.3. The van der Waals surface area contributed by atoms with Gasteiger partial charge in [0, 0.05) is 12.8 Å². The molecule has 18 N–H and O–H groups in total. The Morgan fingerprint density at radius 3 is 0.793 bits per heavy atom. The number of rotatable bonds is 8. The van der Waals surface area contributed by atoms with Gasteiger partial charge in [0.2, 0.25) is 0 Å². The summed E-state index contributed by atoms with van der Waals surface area (Å²) in [6.45, 7) is -0.563. The van der Waals surface area contributed by atoms with Crippen LogP contribution in [-0.2, 0) is 45.7 Å². The van der Waals surface area contributed by atoms with Crippen molar-refractivity contribution in [3.05, 3.63) is 0 Å². The van der Waals surface area contributed by atoms with Crippen LogP contribution in [0.3, 0.4) is 0 Å². The van der Waals surface area contributed by atoms with E-state index in [9.17, 15) is 37.8 Å². The Morgan fingerprint density at radius 1 is 0.621 bits per heavy atom. The summed E-state index contributed by atoms with van der Waals surface area (Å²) in [7, 11) is -22.3. The van der Waals surface area contributed by atoms with E-state index in [1.54, 1.807) is 0 Å². The van der Waals surface area contributed by atoms with Crippen LogP contribution in [0, 0.1) is 0 Å². The molecule has 0 saturated carbocycles. The second-order valence-corrected chi connectivity index (χ2v) is 12.7. The predicted octanol–water partition coefficient (Wildman–Crippen LogP) is -9.13. The first kappa shape index (κ1) is 40.2. The zero-order chi connectivity index (χ0) is 21.8. The van der Waals surface area contributed by atoms with Gasteiger partial charge >= 0.3 is 16.5 Å². The maximum Gasteiger partial charge on any atom is 2.00 e. The summed E-state index contributed by atoms with van der Waals surface area (Å²) in [5.74, 6) is 0. The van der Waals surface area contributed by atoms with E-state index in [4.69, 9.17) is 29.8 Å². The first-order valence-electron chi connectivity index (χ1n) is 6.31. The van der Waals surface area contributed by atoms with Gasteiger partial charge < -0.3 is 90.0 Å². The van der Waals surface area contributed by atoms with E-state index < -0.39 is 53.4 Å². The van der Waals surface area contributed by atoms with Crippen LogP contribution in [0.25, 0.3) is 0 Å². The van der Waals surface area contributed by atoms with Crippen molar-refractivity contribution in [2.24, 2.45) is 0 Å². The maximum atomic E-state index is 10.5. The van der Waals surface area contributed by atoms with Crippen molar-refractivity contribution in [2.75, 3.05) is 13.1 Å². The molecule has 0 aliphatic rings. The Kier molecular flexibility index (Phi) is 18.6. The van der Waals surface area contributed by atoms with Crippen LogP contribution in [0.4, 0.5) is 0 Å². The molecular weight excluding hydrogens is 539 g/mol. The number of hydrogen-bond donors (Lipinski definition) is 8. The minimum Gasteiger partial charge on any atom is -0.776 e. The van der Waals surface area contributed by atoms with Crippen molar-refractivity contribution in [1.29, 1.82) is 0 Å². The second-order valence-electron chi connectivity index (χ2n) is 4.84. The molecule has 23 heteroatoms. The van der Waals surface area contributed by atoms with Gasteiger partial charge in [0.15, 0.2) is 40.5 Å². The van der Waals surface area contributed by atoms with Crippen LogP contribution in [-0.4, -0.2) is 53.0 Å². The Balaban J connectivity index is -0.000000120. The zero-order valence-electron chi connectivity index (χ0n) is 14.5. The quantitative estimate of drug-likeness (QED) is 0.0770. The van der Waals surface area contributed by atoms with Crippen LogP contribution in [0.15, 0.2) is 0 Å². The van der Waals surface area contributed by atoms with Gasteiger partial charge in [-0.2, -0.15) is 0 Å². The van der Waals surface area contributed by atoms with Gasteiger partial charge in [-0.05, 0) is 0 Å². The van der Waals surface area contributed by atoms with Crippen molar-refractivity contribution >= 4 is 30.4 Å². The Bertz CT molecular complexity index is 550. The fourth-order valence-electron chi connectivity index (χ4n) is 1.36. The Morgan fingerprint density at radius 2 is 0.759 bits per heavy atom. The molecule has 0 aromatic heterocycles. The predicted molar refractivity (Wildman–Crippen MR) is 83.7 cm³/mol. The fraction of sp³-hybridized carbons (Fsp3) is 1.00. The summed E-state index contributed by atoms with van der Waals surface area (Å²) in [5, 5.41) is 10.9. The molecule has 184 valence electrons. The molecule has 0 saturated heterocycles. The Labute approximate surface area is 173 Å². The standard InChI is InChI=1S/2C3H11NO7P2.Ni.2H2O/c2*4-2-1-3(5,12(6,7)8)13(9,10)11;;;/h2*5H,1-2,4H2,(H2,6,7,8)(H2,9,10,11);;2*1H2/q;;+2;;. The summed E-state index contributed by atoms with van der Waals surface area (Å²) in [5.41, 5.74) is 6.19. The van der Waals surface area contributed by atoms with Crippen LogP contribution < -0.4 is 31.0 Å². The van der Waals surface area contributed by atoms with Gasteiger partial charge in [-0.1, -0.05) is 0 Å². The molecule has 0 aromatic carbocycles. The molecule has 0 aliphatic carbocycles. The van der Waals surface area contributed by atoms with E-state index in [2.05, 4.69) is 11.5 Å². The van der Waals surface area contributed by atoms with Crippen LogP contribution in [0.1, 0.15) is 12.8 Å². The minimum absolute atomic E-state index is 0. The van der Waals surface area contributed by atoms with E-state index in [1.165, 1.54) is 0 Å². The van der Waals surface area contributed by atoms with E-state index in [0.717, 1.165) is 0 Å². The molecule has 29 heavy (non-hydrogen) atoms. The summed E-state index contributed by atoms with van der Waals surface area (Å²) in [6, 6.07) is 0. The van der Waals surface area contributed by atoms with Crippen molar-refractivity contribution in [3.8, 4) is 0 Å². The fourth-order valence-corrected chi connectivity index (χ4v) is 5.68. The normalized spacial score (nSPS) is 23.0. The molecule has 0 aliphatic heterocycles. The first-order valence-corrected chi connectivity index (χ1v) is 12.6. The topological polar surface area (TPSA) is 403 Å². The molecule has 4 unspecified atom stereocenters. The molecule has 0 radical (unpaired) electrons. The van der Waals surface area contributed by atoms with E-state index in [-0.39, 0.29) is 40.5 Å². The van der Waals surface area contributed by atoms with E-state index in [0.29, 0.717) is 0 Å². The summed E-state index contributed by atoms with van der Waals surface area (Å²) >= 11 is 0. The third-order valence-corrected chi connectivity index (χ3v) is 10.4. The van der Waals surface area contributed by atoms with Crippen LogP contribution >= 0.6 is 30.4 Å². The molecule has 4 atom stereocenters. The van der Waals surface area contributed by atoms with E-state index in [1.807, 2.05) is 0 Å². The largest absolute Gasteiger partial charge is 2.00 e. The summed E-state index contributed by atoms with van der Waals surface area (Å²) in [6.07, 6.45) is -1.77. The van der Waals surface area contributed by atoms with Gasteiger partial charge in [0.05, 0.1) is 13.1 Å². The third-order valence-electron chi connectivity index (χ3n) is 2.83. The second kappa shape index (κ2) is 13.4. The van der Waals surface area contributed by atoms with Crippen LogP contribution in [0.2, 0.25) is 0 Å². The van der Waals surface area contributed by atoms with Crippen molar-refractivity contribution in [1.82, 2.24) is 0 Å². The van der Waals surface area contributed by atoms with E-state index >= 15 is 0 Å². The van der Waals surface area contributed by atoms with Gasteiger partial charge in [-0.15, -0.1) is 0 Å². The molecule has 0 spiro atoms. The molecule has 0 rings (SSSR count). The number of aliphatic hydroxyl groups is 2. The smallest absolute Gasteiger partial charge is 0.776 e. The van der Waals surface area contributed by atoms with Crippen molar-refractivity contribution in [2.45, 2.75) is 23.0 Å². The molecule has 0 bridgehead atoms.